The molecule has 2 N–H and O–H groups in total. The molecule has 1 unspecified atom stereocenters. The summed E-state index contributed by atoms with van der Waals surface area (Å²) in [7, 11) is 3.28. The van der Waals surface area contributed by atoms with Crippen LogP contribution in [0.15, 0.2) is 24.4 Å². The summed E-state index contributed by atoms with van der Waals surface area (Å²) in [5.41, 5.74) is 5.96. The SMILES string of the molecule is COC(=O)C(C)(N)CN(C)CCc1ccccn1. The van der Waals surface area contributed by atoms with E-state index in [1.165, 1.54) is 7.11 Å². The molecule has 0 aliphatic heterocycles. The molecule has 0 fully saturated rings. The molecule has 100 valence electrons. The molecule has 1 heterocycles. The lowest BCUT2D eigenvalue weighted by atomic mass is 10.0. The second kappa shape index (κ2) is 6.47. The summed E-state index contributed by atoms with van der Waals surface area (Å²) in [6.45, 7) is 2.92. The number of esters is 1. The maximum atomic E-state index is 11.5. The second-order valence-corrected chi connectivity index (χ2v) is 4.72. The molecule has 0 aliphatic carbocycles. The highest BCUT2D eigenvalue weighted by molar-refractivity contribution is 5.80. The maximum absolute atomic E-state index is 11.5. The van der Waals surface area contributed by atoms with Gasteiger partial charge < -0.3 is 15.4 Å². The number of carbonyl (C=O) groups is 1. The molecule has 0 saturated carbocycles. The van der Waals surface area contributed by atoms with Gasteiger partial charge in [0.2, 0.25) is 0 Å². The third-order valence-electron chi connectivity index (χ3n) is 2.73. The molecular formula is C13H21N3O2. The first-order chi connectivity index (χ1) is 8.45. The van der Waals surface area contributed by atoms with Crippen molar-refractivity contribution in [2.24, 2.45) is 5.73 Å². The first-order valence-corrected chi connectivity index (χ1v) is 5.91. The highest BCUT2D eigenvalue weighted by atomic mass is 16.5. The Hall–Kier alpha value is -1.46. The molecule has 0 radical (unpaired) electrons. The van der Waals surface area contributed by atoms with Crippen LogP contribution in [0.2, 0.25) is 0 Å². The number of likely N-dealkylation sites (N-methyl/N-ethyl adjacent to an activating group) is 1. The Balaban J connectivity index is 2.42. The predicted molar refractivity (Wildman–Crippen MR) is 70.0 cm³/mol. The second-order valence-electron chi connectivity index (χ2n) is 4.72. The molecule has 1 atom stereocenters. The van der Waals surface area contributed by atoms with Crippen LogP contribution in [0.5, 0.6) is 0 Å². The minimum Gasteiger partial charge on any atom is -0.468 e. The van der Waals surface area contributed by atoms with E-state index in [4.69, 9.17) is 5.73 Å². The van der Waals surface area contributed by atoms with Gasteiger partial charge in [0.1, 0.15) is 5.54 Å². The Bertz CT molecular complexity index is 379. The van der Waals surface area contributed by atoms with Gasteiger partial charge in [-0.15, -0.1) is 0 Å². The summed E-state index contributed by atoms with van der Waals surface area (Å²) in [5.74, 6) is -0.396. The standard InChI is InChI=1S/C13H21N3O2/c1-13(14,12(17)18-3)10-16(2)9-7-11-6-4-5-8-15-11/h4-6,8H,7,9-10,14H2,1-3H3. The number of pyridine rings is 1. The van der Waals surface area contributed by atoms with E-state index in [0.29, 0.717) is 6.54 Å². The van der Waals surface area contributed by atoms with E-state index in [1.807, 2.05) is 30.1 Å². The average Bonchev–Trinajstić information content (AvgIpc) is 2.36. The van der Waals surface area contributed by atoms with Gasteiger partial charge in [-0.25, -0.2) is 0 Å². The molecule has 0 aromatic carbocycles. The number of hydrogen-bond acceptors (Lipinski definition) is 5. The van der Waals surface area contributed by atoms with Crippen molar-refractivity contribution >= 4 is 5.97 Å². The van der Waals surface area contributed by atoms with E-state index >= 15 is 0 Å². The van der Waals surface area contributed by atoms with Crippen molar-refractivity contribution in [3.63, 3.8) is 0 Å². The van der Waals surface area contributed by atoms with Crippen LogP contribution in [0.4, 0.5) is 0 Å². The van der Waals surface area contributed by atoms with Crippen molar-refractivity contribution in [1.29, 1.82) is 0 Å². The summed E-state index contributed by atoms with van der Waals surface area (Å²) in [5, 5.41) is 0. The van der Waals surface area contributed by atoms with E-state index < -0.39 is 11.5 Å². The zero-order valence-electron chi connectivity index (χ0n) is 11.2. The average molecular weight is 251 g/mol. The van der Waals surface area contributed by atoms with Gasteiger partial charge in [0.15, 0.2) is 0 Å². The molecule has 18 heavy (non-hydrogen) atoms. The highest BCUT2D eigenvalue weighted by Crippen LogP contribution is 2.05. The van der Waals surface area contributed by atoms with E-state index in [1.54, 1.807) is 13.1 Å². The molecule has 1 rings (SSSR count). The zero-order chi connectivity index (χ0) is 13.6. The fourth-order valence-corrected chi connectivity index (χ4v) is 1.79. The normalized spacial score (nSPS) is 14.3. The number of methoxy groups -OCH3 is 1. The zero-order valence-corrected chi connectivity index (χ0v) is 11.2. The van der Waals surface area contributed by atoms with Crippen molar-refractivity contribution < 1.29 is 9.53 Å². The molecule has 0 aliphatic rings. The summed E-state index contributed by atoms with van der Waals surface area (Å²) >= 11 is 0. The molecule has 0 bridgehead atoms. The summed E-state index contributed by atoms with van der Waals surface area (Å²) in [6, 6.07) is 5.83. The topological polar surface area (TPSA) is 68.5 Å². The van der Waals surface area contributed by atoms with Crippen molar-refractivity contribution in [2.75, 3.05) is 27.2 Å². The van der Waals surface area contributed by atoms with Crippen LogP contribution in [-0.2, 0) is 16.0 Å². The Morgan fingerprint density at radius 1 is 1.56 bits per heavy atom. The fraction of sp³-hybridized carbons (Fsp3) is 0.538. The molecule has 0 spiro atoms. The molecular weight excluding hydrogens is 230 g/mol. The lowest BCUT2D eigenvalue weighted by Crippen LogP contribution is -2.53. The third-order valence-corrected chi connectivity index (χ3v) is 2.73. The number of aromatic nitrogens is 1. The molecule has 1 aromatic heterocycles. The van der Waals surface area contributed by atoms with Gasteiger partial charge in [-0.3, -0.25) is 9.78 Å². The Morgan fingerprint density at radius 3 is 2.83 bits per heavy atom. The van der Waals surface area contributed by atoms with Crippen molar-refractivity contribution in [2.45, 2.75) is 18.9 Å². The van der Waals surface area contributed by atoms with Crippen LogP contribution in [0.1, 0.15) is 12.6 Å². The Labute approximate surface area is 108 Å². The molecule has 1 aromatic rings. The Morgan fingerprint density at radius 2 is 2.28 bits per heavy atom. The van der Waals surface area contributed by atoms with Gasteiger partial charge in [0, 0.05) is 31.4 Å². The largest absolute Gasteiger partial charge is 0.468 e. The van der Waals surface area contributed by atoms with Crippen LogP contribution in [0.3, 0.4) is 0 Å². The Kier molecular flexibility index (Phi) is 5.25. The van der Waals surface area contributed by atoms with E-state index in [9.17, 15) is 4.79 Å². The van der Waals surface area contributed by atoms with Crippen molar-refractivity contribution in [3.8, 4) is 0 Å². The summed E-state index contributed by atoms with van der Waals surface area (Å²) < 4.78 is 4.68. The van der Waals surface area contributed by atoms with Gasteiger partial charge in [-0.05, 0) is 26.1 Å². The first-order valence-electron chi connectivity index (χ1n) is 5.91. The minimum atomic E-state index is -0.979. The molecule has 5 nitrogen and oxygen atoms in total. The lowest BCUT2D eigenvalue weighted by Gasteiger charge is -2.27. The monoisotopic (exact) mass is 251 g/mol. The van der Waals surface area contributed by atoms with Gasteiger partial charge in [0.05, 0.1) is 7.11 Å². The van der Waals surface area contributed by atoms with Gasteiger partial charge >= 0.3 is 5.97 Å². The first kappa shape index (κ1) is 14.6. The number of ether oxygens (including phenoxy) is 1. The van der Waals surface area contributed by atoms with Gasteiger partial charge in [-0.2, -0.15) is 0 Å². The van der Waals surface area contributed by atoms with Crippen LogP contribution in [0, 0.1) is 0 Å². The summed E-state index contributed by atoms with van der Waals surface area (Å²) in [6.07, 6.45) is 2.60. The summed E-state index contributed by atoms with van der Waals surface area (Å²) in [4.78, 5) is 17.7. The van der Waals surface area contributed by atoms with Crippen molar-refractivity contribution in [3.05, 3.63) is 30.1 Å². The molecule has 5 heteroatoms. The van der Waals surface area contributed by atoms with Gasteiger partial charge in [0.25, 0.3) is 0 Å². The predicted octanol–water partition coefficient (Wildman–Crippen LogP) is 0.446. The van der Waals surface area contributed by atoms with Crippen LogP contribution >= 0.6 is 0 Å². The third kappa shape index (κ3) is 4.43. The van der Waals surface area contributed by atoms with Crippen LogP contribution in [0.25, 0.3) is 0 Å². The van der Waals surface area contributed by atoms with Crippen LogP contribution in [-0.4, -0.2) is 48.6 Å². The lowest BCUT2D eigenvalue weighted by molar-refractivity contribution is -0.147. The highest BCUT2D eigenvalue weighted by Gasteiger charge is 2.30. The molecule has 0 amide bonds. The minimum absolute atomic E-state index is 0.396. The number of nitrogens with two attached hydrogens (primary N) is 1. The van der Waals surface area contributed by atoms with E-state index in [-0.39, 0.29) is 0 Å². The van der Waals surface area contributed by atoms with E-state index in [2.05, 4.69) is 9.72 Å². The van der Waals surface area contributed by atoms with E-state index in [0.717, 1.165) is 18.7 Å². The number of rotatable bonds is 6. The quantitative estimate of drug-likeness (QED) is 0.743. The van der Waals surface area contributed by atoms with Crippen LogP contribution < -0.4 is 5.73 Å². The maximum Gasteiger partial charge on any atom is 0.326 e. The van der Waals surface area contributed by atoms with Gasteiger partial charge in [-0.1, -0.05) is 6.07 Å². The number of carbonyl (C=O) groups excluding carboxylic acids is 1. The number of hydrogen-bond donors (Lipinski definition) is 1. The molecule has 0 saturated heterocycles. The fourth-order valence-electron chi connectivity index (χ4n) is 1.79. The smallest absolute Gasteiger partial charge is 0.326 e. The van der Waals surface area contributed by atoms with Crippen molar-refractivity contribution in [1.82, 2.24) is 9.88 Å². The number of nitrogens with zero attached hydrogens (tertiary/aromatic N) is 2.